The van der Waals surface area contributed by atoms with Crippen molar-refractivity contribution in [3.05, 3.63) is 83.7 Å². The highest BCUT2D eigenvalue weighted by Crippen LogP contribution is 2.39. The van der Waals surface area contributed by atoms with E-state index in [0.29, 0.717) is 36.4 Å². The molecule has 1 fully saturated rings. The van der Waals surface area contributed by atoms with Crippen LogP contribution in [0.4, 0.5) is 4.39 Å². The minimum atomic E-state index is -0.797. The van der Waals surface area contributed by atoms with Gasteiger partial charge in [0.1, 0.15) is 23.9 Å². The van der Waals surface area contributed by atoms with E-state index < -0.39 is 23.5 Å². The number of benzene rings is 2. The van der Waals surface area contributed by atoms with Gasteiger partial charge in [-0.15, -0.1) is 0 Å². The van der Waals surface area contributed by atoms with E-state index in [1.54, 1.807) is 30.3 Å². The third-order valence-corrected chi connectivity index (χ3v) is 5.23. The number of ether oxygens (including phenoxy) is 1. The van der Waals surface area contributed by atoms with Crippen LogP contribution in [0.15, 0.2) is 66.8 Å². The molecule has 3 rings (SSSR count). The molecule has 1 heterocycles. The highest BCUT2D eigenvalue weighted by Gasteiger charge is 2.45. The summed E-state index contributed by atoms with van der Waals surface area (Å²) in [6.07, 6.45) is 2.27. The van der Waals surface area contributed by atoms with Gasteiger partial charge in [-0.05, 0) is 69.0 Å². The molecule has 1 N–H and O–H groups in total. The third kappa shape index (κ3) is 5.06. The number of hydrogen-bond acceptors (Lipinski definition) is 5. The minimum absolute atomic E-state index is 0.00813. The van der Waals surface area contributed by atoms with Crippen molar-refractivity contribution in [2.75, 3.05) is 33.8 Å². The van der Waals surface area contributed by atoms with Gasteiger partial charge in [-0.25, -0.2) is 4.39 Å². The van der Waals surface area contributed by atoms with Crippen LogP contribution in [0.1, 0.15) is 23.6 Å². The number of ketones is 1. The van der Waals surface area contributed by atoms with E-state index in [0.717, 1.165) is 6.54 Å². The molecule has 1 aliphatic heterocycles. The molecule has 7 heteroatoms. The van der Waals surface area contributed by atoms with Crippen LogP contribution in [0.25, 0.3) is 5.76 Å². The number of amides is 1. The van der Waals surface area contributed by atoms with Gasteiger partial charge in [0.05, 0.1) is 11.6 Å². The van der Waals surface area contributed by atoms with Crippen molar-refractivity contribution in [2.45, 2.75) is 12.5 Å². The molecular weight excluding hydrogens is 411 g/mol. The van der Waals surface area contributed by atoms with Crippen LogP contribution >= 0.6 is 0 Å². The van der Waals surface area contributed by atoms with Gasteiger partial charge in [-0.3, -0.25) is 9.59 Å². The van der Waals surface area contributed by atoms with E-state index in [1.807, 2.05) is 19.0 Å². The van der Waals surface area contributed by atoms with Gasteiger partial charge in [0, 0.05) is 12.1 Å². The molecule has 1 unspecified atom stereocenters. The Bertz CT molecular complexity index is 1010. The van der Waals surface area contributed by atoms with Crippen molar-refractivity contribution in [1.82, 2.24) is 9.80 Å². The Hall–Kier alpha value is -3.45. The van der Waals surface area contributed by atoms with Crippen LogP contribution < -0.4 is 4.74 Å². The maximum Gasteiger partial charge on any atom is 0.295 e. The first-order valence-corrected chi connectivity index (χ1v) is 10.4. The van der Waals surface area contributed by atoms with Crippen molar-refractivity contribution in [2.24, 2.45) is 0 Å². The minimum Gasteiger partial charge on any atom is -0.507 e. The van der Waals surface area contributed by atoms with Crippen molar-refractivity contribution < 1.29 is 23.8 Å². The molecule has 6 nitrogen and oxygen atoms in total. The molecule has 0 bridgehead atoms. The molecule has 32 heavy (non-hydrogen) atoms. The lowest BCUT2D eigenvalue weighted by Gasteiger charge is -2.26. The number of nitrogens with zero attached hydrogens (tertiary/aromatic N) is 2. The Morgan fingerprint density at radius 3 is 2.41 bits per heavy atom. The van der Waals surface area contributed by atoms with Crippen LogP contribution in [0.3, 0.4) is 0 Å². The highest BCUT2D eigenvalue weighted by molar-refractivity contribution is 6.46. The Morgan fingerprint density at radius 2 is 1.81 bits per heavy atom. The van der Waals surface area contributed by atoms with Crippen LogP contribution in [0.5, 0.6) is 5.75 Å². The Morgan fingerprint density at radius 1 is 1.16 bits per heavy atom. The Kier molecular flexibility index (Phi) is 7.43. The first-order chi connectivity index (χ1) is 15.3. The summed E-state index contributed by atoms with van der Waals surface area (Å²) in [5, 5.41) is 11.0. The molecule has 0 aliphatic carbocycles. The van der Waals surface area contributed by atoms with E-state index in [1.165, 1.54) is 29.2 Å². The van der Waals surface area contributed by atoms with Crippen LogP contribution in [0, 0.1) is 5.82 Å². The van der Waals surface area contributed by atoms with Gasteiger partial charge in [-0.1, -0.05) is 24.8 Å². The van der Waals surface area contributed by atoms with Gasteiger partial charge in [0.2, 0.25) is 0 Å². The predicted octanol–water partition coefficient (Wildman–Crippen LogP) is 3.76. The summed E-state index contributed by atoms with van der Waals surface area (Å²) >= 11 is 0. The van der Waals surface area contributed by atoms with Gasteiger partial charge in [0.25, 0.3) is 11.7 Å². The Labute approximate surface area is 187 Å². The maximum absolute atomic E-state index is 13.5. The van der Waals surface area contributed by atoms with Crippen LogP contribution in [0.2, 0.25) is 0 Å². The summed E-state index contributed by atoms with van der Waals surface area (Å²) in [7, 11) is 3.85. The highest BCUT2D eigenvalue weighted by atomic mass is 19.1. The van der Waals surface area contributed by atoms with Gasteiger partial charge >= 0.3 is 0 Å². The summed E-state index contributed by atoms with van der Waals surface area (Å²) in [6, 6.07) is 11.4. The smallest absolute Gasteiger partial charge is 0.295 e. The van der Waals surface area contributed by atoms with Gasteiger partial charge in [0.15, 0.2) is 0 Å². The fourth-order valence-corrected chi connectivity index (χ4v) is 3.68. The van der Waals surface area contributed by atoms with E-state index in [4.69, 9.17) is 4.74 Å². The van der Waals surface area contributed by atoms with Crippen molar-refractivity contribution in [1.29, 1.82) is 0 Å². The van der Waals surface area contributed by atoms with E-state index >= 15 is 0 Å². The second kappa shape index (κ2) is 10.2. The van der Waals surface area contributed by atoms with Crippen molar-refractivity contribution >= 4 is 17.4 Å². The largest absolute Gasteiger partial charge is 0.507 e. The summed E-state index contributed by atoms with van der Waals surface area (Å²) in [5.41, 5.74) is 0.934. The molecule has 1 aliphatic rings. The van der Waals surface area contributed by atoms with Crippen LogP contribution in [-0.4, -0.2) is 60.4 Å². The lowest BCUT2D eigenvalue weighted by Crippen LogP contribution is -2.32. The van der Waals surface area contributed by atoms with Crippen molar-refractivity contribution in [3.63, 3.8) is 0 Å². The molecule has 0 aromatic heterocycles. The molecule has 0 radical (unpaired) electrons. The van der Waals surface area contributed by atoms with Gasteiger partial charge < -0.3 is 19.6 Å². The quantitative estimate of drug-likeness (QED) is 0.279. The monoisotopic (exact) mass is 438 g/mol. The zero-order valence-corrected chi connectivity index (χ0v) is 18.3. The van der Waals surface area contributed by atoms with Gasteiger partial charge in [-0.2, -0.15) is 0 Å². The number of aliphatic hydroxyl groups is 1. The topological polar surface area (TPSA) is 70.1 Å². The number of Topliss-reactive ketones (excluding diaryl/α,β-unsaturated/α-hetero) is 1. The lowest BCUT2D eigenvalue weighted by atomic mass is 9.95. The molecule has 1 amide bonds. The molecule has 0 spiro atoms. The summed E-state index contributed by atoms with van der Waals surface area (Å²) in [6.45, 7) is 5.00. The molecule has 2 aromatic rings. The van der Waals surface area contributed by atoms with E-state index in [9.17, 15) is 19.1 Å². The fraction of sp³-hybridized carbons (Fsp3) is 0.280. The Balaban J connectivity index is 2.02. The van der Waals surface area contributed by atoms with Crippen LogP contribution in [-0.2, 0) is 9.59 Å². The standard InChI is InChI=1S/C25H27FN2O4/c1-4-16-32-20-12-8-18(9-13-20)23(29)21-22(17-6-10-19(26)11-7-17)28(25(31)24(21)30)15-5-14-27(2)3/h4,6-13,22,29H,1,5,14-16H2,2-3H3/b23-21-. The maximum atomic E-state index is 13.5. The summed E-state index contributed by atoms with van der Waals surface area (Å²) < 4.78 is 19.0. The van der Waals surface area contributed by atoms with E-state index in [-0.39, 0.29) is 11.3 Å². The molecule has 1 atom stereocenters. The number of likely N-dealkylation sites (tertiary alicyclic amines) is 1. The zero-order valence-electron chi connectivity index (χ0n) is 18.3. The first-order valence-electron chi connectivity index (χ1n) is 10.4. The number of rotatable bonds is 9. The molecular formula is C25H27FN2O4. The number of halogens is 1. The SMILES string of the molecule is C=CCOc1ccc(/C(O)=C2/C(=O)C(=O)N(CCCN(C)C)C2c2ccc(F)cc2)cc1. The lowest BCUT2D eigenvalue weighted by molar-refractivity contribution is -0.139. The number of carbonyl (C=O) groups is 2. The average Bonchev–Trinajstić information content (AvgIpc) is 3.03. The first kappa shape index (κ1) is 23.2. The second-order valence-corrected chi connectivity index (χ2v) is 7.82. The number of hydrogen-bond donors (Lipinski definition) is 1. The summed E-state index contributed by atoms with van der Waals surface area (Å²) in [4.78, 5) is 29.3. The number of carbonyl (C=O) groups excluding carboxylic acids is 2. The second-order valence-electron chi connectivity index (χ2n) is 7.82. The molecule has 2 aromatic carbocycles. The van der Waals surface area contributed by atoms with E-state index in [2.05, 4.69) is 6.58 Å². The average molecular weight is 438 g/mol. The third-order valence-electron chi connectivity index (χ3n) is 5.23. The predicted molar refractivity (Wildman–Crippen MR) is 121 cm³/mol. The normalized spacial score (nSPS) is 17.8. The fourth-order valence-electron chi connectivity index (χ4n) is 3.68. The number of aliphatic hydroxyl groups excluding tert-OH is 1. The zero-order chi connectivity index (χ0) is 23.3. The summed E-state index contributed by atoms with van der Waals surface area (Å²) in [5.74, 6) is -1.55. The molecule has 1 saturated heterocycles. The molecule has 168 valence electrons. The van der Waals surface area contributed by atoms with Crippen molar-refractivity contribution in [3.8, 4) is 5.75 Å². The molecule has 0 saturated carbocycles.